The van der Waals surface area contributed by atoms with Crippen molar-refractivity contribution in [1.29, 1.82) is 0 Å². The van der Waals surface area contributed by atoms with Crippen molar-refractivity contribution in [3.8, 4) is 11.3 Å². The number of fused-ring (bicyclic) bond motifs is 1. The molecular weight excluding hydrogens is 368 g/mol. The van der Waals surface area contributed by atoms with Crippen LogP contribution in [0.4, 0.5) is 0 Å². The highest BCUT2D eigenvalue weighted by Gasteiger charge is 2.35. The van der Waals surface area contributed by atoms with Crippen LogP contribution in [0.5, 0.6) is 0 Å². The summed E-state index contributed by atoms with van der Waals surface area (Å²) in [4.78, 5) is 11.8. The van der Waals surface area contributed by atoms with E-state index in [0.29, 0.717) is 5.92 Å². The van der Waals surface area contributed by atoms with Crippen LogP contribution in [0, 0.1) is 5.92 Å². The molecule has 30 heavy (non-hydrogen) atoms. The number of aromatic nitrogens is 3. The molecule has 2 aromatic carbocycles. The summed E-state index contributed by atoms with van der Waals surface area (Å²) in [7, 11) is 0. The highest BCUT2D eigenvalue weighted by Crippen LogP contribution is 2.37. The molecule has 1 saturated carbocycles. The molecule has 1 fully saturated rings. The lowest BCUT2D eigenvalue weighted by Gasteiger charge is -2.33. The minimum absolute atomic E-state index is 0.514. The number of nitrogens with one attached hydrogen (secondary N) is 2. The number of nitrogens with two attached hydrogens (primary N) is 1. The molecule has 4 heteroatoms. The molecule has 1 unspecified atom stereocenters. The van der Waals surface area contributed by atoms with Crippen molar-refractivity contribution in [2.75, 3.05) is 0 Å². The smallest absolute Gasteiger partial charge is 0.127 e. The van der Waals surface area contributed by atoms with E-state index in [1.165, 1.54) is 43.1 Å². The van der Waals surface area contributed by atoms with Crippen LogP contribution in [0.3, 0.4) is 0 Å². The molecule has 0 aliphatic heterocycles. The maximum absolute atomic E-state index is 7.22. The van der Waals surface area contributed by atoms with Gasteiger partial charge in [-0.1, -0.05) is 80.6 Å². The fraction of sp³-hybridized carbons (Fsp3) is 0.346. The third-order valence-electron chi connectivity index (χ3n) is 6.69. The maximum atomic E-state index is 7.22. The molecule has 0 bridgehead atoms. The molecule has 0 amide bonds. The van der Waals surface area contributed by atoms with Crippen molar-refractivity contribution in [2.45, 2.75) is 50.5 Å². The van der Waals surface area contributed by atoms with Crippen LogP contribution in [0.2, 0.25) is 0 Å². The topological polar surface area (TPSA) is 70.5 Å². The zero-order valence-electron chi connectivity index (χ0n) is 17.4. The summed E-state index contributed by atoms with van der Waals surface area (Å²) < 4.78 is 0. The van der Waals surface area contributed by atoms with Gasteiger partial charge in [-0.25, -0.2) is 4.98 Å². The summed E-state index contributed by atoms with van der Waals surface area (Å²) in [5.41, 5.74) is 11.3. The predicted molar refractivity (Wildman–Crippen MR) is 123 cm³/mol. The van der Waals surface area contributed by atoms with E-state index in [0.717, 1.165) is 35.4 Å². The van der Waals surface area contributed by atoms with Gasteiger partial charge in [-0.2, -0.15) is 0 Å². The lowest BCUT2D eigenvalue weighted by Crippen LogP contribution is -2.42. The molecule has 154 valence electrons. The molecule has 2 heterocycles. The molecular formula is C26H30N4. The number of hydrogen-bond acceptors (Lipinski definition) is 2. The van der Waals surface area contributed by atoms with Gasteiger partial charge in [0.15, 0.2) is 0 Å². The van der Waals surface area contributed by atoms with Gasteiger partial charge in [0.25, 0.3) is 0 Å². The van der Waals surface area contributed by atoms with Crippen LogP contribution in [-0.4, -0.2) is 15.0 Å². The van der Waals surface area contributed by atoms with Crippen LogP contribution < -0.4 is 5.73 Å². The predicted octanol–water partition coefficient (Wildman–Crippen LogP) is 5.93. The number of benzene rings is 2. The standard InChI is InChI=1S/C26H30N4/c27-26(15-19-9-3-1-4-10-19,16-21-17-28-23-14-8-7-13-22(21)23)25-29-18-24(30-25)20-11-5-2-6-12-20/h2,5-8,11-14,17-19,28H,1,3-4,9-10,15-16,27H2,(H,29,30). The van der Waals surface area contributed by atoms with Gasteiger partial charge in [0.05, 0.1) is 17.4 Å². The first-order valence-corrected chi connectivity index (χ1v) is 11.2. The van der Waals surface area contributed by atoms with Gasteiger partial charge in [0.2, 0.25) is 0 Å². The van der Waals surface area contributed by atoms with Crippen LogP contribution >= 0.6 is 0 Å². The second kappa shape index (κ2) is 8.11. The summed E-state index contributed by atoms with van der Waals surface area (Å²) >= 11 is 0. The summed E-state index contributed by atoms with van der Waals surface area (Å²) in [6.45, 7) is 0. The molecule has 5 rings (SSSR count). The molecule has 2 aromatic heterocycles. The van der Waals surface area contributed by atoms with Crippen molar-refractivity contribution in [2.24, 2.45) is 11.7 Å². The molecule has 0 spiro atoms. The first-order chi connectivity index (χ1) is 14.7. The highest BCUT2D eigenvalue weighted by atomic mass is 15.0. The summed E-state index contributed by atoms with van der Waals surface area (Å²) in [6, 6.07) is 18.8. The molecule has 0 radical (unpaired) electrons. The van der Waals surface area contributed by atoms with Crippen LogP contribution in [-0.2, 0) is 12.0 Å². The van der Waals surface area contributed by atoms with Gasteiger partial charge in [-0.05, 0) is 36.0 Å². The average molecular weight is 399 g/mol. The van der Waals surface area contributed by atoms with E-state index in [2.05, 4.69) is 64.7 Å². The highest BCUT2D eigenvalue weighted by molar-refractivity contribution is 5.83. The SMILES string of the molecule is NC(Cc1c[nH]c2ccccc12)(CC1CCCCC1)c1ncc(-c2ccccc2)[nH]1. The Hall–Kier alpha value is -2.85. The van der Waals surface area contributed by atoms with E-state index in [4.69, 9.17) is 10.7 Å². The number of H-pyrrole nitrogens is 2. The van der Waals surface area contributed by atoms with Crippen molar-refractivity contribution < 1.29 is 0 Å². The summed E-state index contributed by atoms with van der Waals surface area (Å²) in [6.07, 6.45) is 12.3. The second-order valence-electron chi connectivity index (χ2n) is 8.91. The third-order valence-corrected chi connectivity index (χ3v) is 6.69. The minimum atomic E-state index is -0.514. The van der Waals surface area contributed by atoms with Gasteiger partial charge >= 0.3 is 0 Å². The third kappa shape index (κ3) is 3.80. The van der Waals surface area contributed by atoms with E-state index in [-0.39, 0.29) is 0 Å². The monoisotopic (exact) mass is 398 g/mol. The van der Waals surface area contributed by atoms with E-state index in [1.54, 1.807) is 0 Å². The first-order valence-electron chi connectivity index (χ1n) is 11.2. The van der Waals surface area contributed by atoms with Gasteiger partial charge in [0.1, 0.15) is 5.82 Å². The van der Waals surface area contributed by atoms with E-state index in [9.17, 15) is 0 Å². The zero-order valence-corrected chi connectivity index (χ0v) is 17.4. The quantitative estimate of drug-likeness (QED) is 0.377. The van der Waals surface area contributed by atoms with Crippen molar-refractivity contribution in [3.63, 3.8) is 0 Å². The zero-order chi connectivity index (χ0) is 20.4. The number of nitrogens with zero attached hydrogens (tertiary/aromatic N) is 1. The van der Waals surface area contributed by atoms with E-state index >= 15 is 0 Å². The number of para-hydroxylation sites is 1. The Morgan fingerprint density at radius 1 is 0.967 bits per heavy atom. The normalized spacial score (nSPS) is 17.2. The molecule has 1 atom stereocenters. The Morgan fingerprint density at radius 3 is 2.57 bits per heavy atom. The number of hydrogen-bond donors (Lipinski definition) is 3. The molecule has 4 nitrogen and oxygen atoms in total. The van der Waals surface area contributed by atoms with Gasteiger partial charge < -0.3 is 15.7 Å². The minimum Gasteiger partial charge on any atom is -0.361 e. The molecule has 1 aliphatic rings. The van der Waals surface area contributed by atoms with E-state index in [1.807, 2.05) is 12.3 Å². The van der Waals surface area contributed by atoms with E-state index < -0.39 is 5.54 Å². The summed E-state index contributed by atoms with van der Waals surface area (Å²) in [5.74, 6) is 1.57. The van der Waals surface area contributed by atoms with Crippen LogP contribution in [0.15, 0.2) is 67.0 Å². The number of aromatic amines is 2. The molecule has 4 aromatic rings. The first kappa shape index (κ1) is 19.1. The van der Waals surface area contributed by atoms with Gasteiger partial charge in [-0.15, -0.1) is 0 Å². The lowest BCUT2D eigenvalue weighted by molar-refractivity contribution is 0.250. The average Bonchev–Trinajstić information content (AvgIpc) is 3.44. The Bertz CT molecular complexity index is 1100. The van der Waals surface area contributed by atoms with Crippen LogP contribution in [0.1, 0.15) is 49.9 Å². The Kier molecular flexibility index (Phi) is 5.17. The number of rotatable bonds is 6. The largest absolute Gasteiger partial charge is 0.361 e. The number of imidazole rings is 1. The molecule has 1 aliphatic carbocycles. The van der Waals surface area contributed by atoms with Crippen molar-refractivity contribution in [1.82, 2.24) is 15.0 Å². The van der Waals surface area contributed by atoms with Gasteiger partial charge in [0, 0.05) is 17.1 Å². The summed E-state index contributed by atoms with van der Waals surface area (Å²) in [5, 5.41) is 1.26. The van der Waals surface area contributed by atoms with Gasteiger partial charge in [-0.3, -0.25) is 0 Å². The Labute approximate surface area is 177 Å². The van der Waals surface area contributed by atoms with Crippen molar-refractivity contribution in [3.05, 3.63) is 78.4 Å². The Morgan fingerprint density at radius 2 is 1.73 bits per heavy atom. The second-order valence-corrected chi connectivity index (χ2v) is 8.91. The van der Waals surface area contributed by atoms with Crippen LogP contribution in [0.25, 0.3) is 22.2 Å². The molecule has 4 N–H and O–H groups in total. The Balaban J connectivity index is 1.50. The lowest BCUT2D eigenvalue weighted by atomic mass is 9.76. The fourth-order valence-electron chi connectivity index (χ4n) is 5.12. The maximum Gasteiger partial charge on any atom is 0.127 e. The fourth-order valence-corrected chi connectivity index (χ4v) is 5.12. The van der Waals surface area contributed by atoms with Crippen molar-refractivity contribution >= 4 is 10.9 Å². The molecule has 0 saturated heterocycles.